The SMILES string of the molecule is COc1ccc(-c2ccccc2OS(=O)(=O)C(F)(F)F)cc1Br. The number of benzene rings is 2. The molecule has 0 heterocycles. The van der Waals surface area contributed by atoms with Crippen LogP contribution < -0.4 is 8.92 Å². The van der Waals surface area contributed by atoms with Gasteiger partial charge in [-0.3, -0.25) is 0 Å². The van der Waals surface area contributed by atoms with Crippen molar-refractivity contribution < 1.29 is 30.5 Å². The third kappa shape index (κ3) is 3.78. The standard InChI is InChI=1S/C14H10BrF3O4S/c1-21-13-7-6-9(8-11(13)15)10-4-2-3-5-12(10)22-23(19,20)14(16,17)18/h2-8H,1H3. The molecule has 0 radical (unpaired) electrons. The smallest absolute Gasteiger partial charge is 0.496 e. The quantitative estimate of drug-likeness (QED) is 0.555. The molecular formula is C14H10BrF3O4S. The van der Waals surface area contributed by atoms with Gasteiger partial charge in [0, 0.05) is 5.56 Å². The Kier molecular flexibility index (Phi) is 4.90. The molecule has 2 rings (SSSR count). The third-order valence-electron chi connectivity index (χ3n) is 2.83. The number of para-hydroxylation sites is 1. The van der Waals surface area contributed by atoms with Gasteiger partial charge in [0.1, 0.15) is 5.75 Å². The maximum atomic E-state index is 12.5. The second-order valence-electron chi connectivity index (χ2n) is 4.33. The Hall–Kier alpha value is -1.74. The Morgan fingerprint density at radius 3 is 2.26 bits per heavy atom. The summed E-state index contributed by atoms with van der Waals surface area (Å²) in [7, 11) is -4.28. The predicted molar refractivity (Wildman–Crippen MR) is 81.7 cm³/mol. The molecule has 0 saturated heterocycles. The van der Waals surface area contributed by atoms with Gasteiger partial charge in [-0.2, -0.15) is 21.6 Å². The lowest BCUT2D eigenvalue weighted by molar-refractivity contribution is -0.0499. The molecule has 9 heteroatoms. The van der Waals surface area contributed by atoms with Gasteiger partial charge in [0.25, 0.3) is 0 Å². The van der Waals surface area contributed by atoms with Crippen LogP contribution in [0.5, 0.6) is 11.5 Å². The van der Waals surface area contributed by atoms with Gasteiger partial charge in [-0.05, 0) is 39.7 Å². The maximum Gasteiger partial charge on any atom is 0.534 e. The molecule has 0 unspecified atom stereocenters. The molecule has 0 aliphatic rings. The van der Waals surface area contributed by atoms with Crippen LogP contribution in [-0.2, 0) is 10.1 Å². The molecule has 0 saturated carbocycles. The van der Waals surface area contributed by atoms with Gasteiger partial charge in [-0.25, -0.2) is 0 Å². The summed E-state index contributed by atoms with van der Waals surface area (Å²) in [6.07, 6.45) is 0. The Bertz CT molecular complexity index is 819. The largest absolute Gasteiger partial charge is 0.534 e. The fourth-order valence-corrected chi connectivity index (χ4v) is 2.79. The molecule has 4 nitrogen and oxygen atoms in total. The van der Waals surface area contributed by atoms with E-state index in [1.54, 1.807) is 24.3 Å². The van der Waals surface area contributed by atoms with E-state index in [4.69, 9.17) is 4.74 Å². The molecule has 0 spiro atoms. The highest BCUT2D eigenvalue weighted by Gasteiger charge is 2.48. The Labute approximate surface area is 139 Å². The molecule has 0 amide bonds. The van der Waals surface area contributed by atoms with Crippen LogP contribution >= 0.6 is 15.9 Å². The first kappa shape index (κ1) is 17.6. The van der Waals surface area contributed by atoms with Crippen LogP contribution in [0.25, 0.3) is 11.1 Å². The highest BCUT2D eigenvalue weighted by atomic mass is 79.9. The minimum Gasteiger partial charge on any atom is -0.496 e. The summed E-state index contributed by atoms with van der Waals surface area (Å²) in [5.41, 5.74) is -4.84. The van der Waals surface area contributed by atoms with Crippen LogP contribution in [0.2, 0.25) is 0 Å². The van der Waals surface area contributed by atoms with E-state index in [1.165, 1.54) is 19.2 Å². The number of methoxy groups -OCH3 is 1. The summed E-state index contributed by atoms with van der Waals surface area (Å²) in [6, 6.07) is 10.3. The summed E-state index contributed by atoms with van der Waals surface area (Å²) in [5.74, 6) is 0.108. The molecule has 23 heavy (non-hydrogen) atoms. The predicted octanol–water partition coefficient (Wildman–Crippen LogP) is 4.35. The fourth-order valence-electron chi connectivity index (χ4n) is 1.78. The van der Waals surface area contributed by atoms with E-state index in [0.29, 0.717) is 15.8 Å². The van der Waals surface area contributed by atoms with E-state index in [9.17, 15) is 21.6 Å². The molecule has 124 valence electrons. The normalized spacial score (nSPS) is 12.0. The van der Waals surface area contributed by atoms with Crippen LogP contribution in [0.4, 0.5) is 13.2 Å². The Morgan fingerprint density at radius 2 is 1.70 bits per heavy atom. The zero-order valence-electron chi connectivity index (χ0n) is 11.6. The van der Waals surface area contributed by atoms with Gasteiger partial charge in [-0.1, -0.05) is 24.3 Å². The minimum atomic E-state index is -5.74. The molecule has 0 N–H and O–H groups in total. The van der Waals surface area contributed by atoms with Crippen LogP contribution in [0.15, 0.2) is 46.9 Å². The lowest BCUT2D eigenvalue weighted by Gasteiger charge is -2.13. The van der Waals surface area contributed by atoms with Crippen molar-refractivity contribution in [2.45, 2.75) is 5.51 Å². The van der Waals surface area contributed by atoms with E-state index >= 15 is 0 Å². The summed E-state index contributed by atoms with van der Waals surface area (Å²) in [6.45, 7) is 0. The topological polar surface area (TPSA) is 52.6 Å². The second-order valence-corrected chi connectivity index (χ2v) is 6.72. The van der Waals surface area contributed by atoms with Gasteiger partial charge in [0.15, 0.2) is 5.75 Å². The van der Waals surface area contributed by atoms with Crippen molar-refractivity contribution in [2.75, 3.05) is 7.11 Å². The van der Waals surface area contributed by atoms with Crippen LogP contribution in [0.3, 0.4) is 0 Å². The third-order valence-corrected chi connectivity index (χ3v) is 4.42. The average molecular weight is 411 g/mol. The number of ether oxygens (including phenoxy) is 1. The van der Waals surface area contributed by atoms with E-state index in [-0.39, 0.29) is 5.56 Å². The molecule has 2 aromatic rings. The minimum absolute atomic E-state index is 0.198. The molecule has 0 bridgehead atoms. The van der Waals surface area contributed by atoms with Gasteiger partial charge < -0.3 is 8.92 Å². The highest BCUT2D eigenvalue weighted by Crippen LogP contribution is 2.37. The molecule has 0 fully saturated rings. The zero-order chi connectivity index (χ0) is 17.3. The molecule has 0 aromatic heterocycles. The number of hydrogen-bond acceptors (Lipinski definition) is 4. The van der Waals surface area contributed by atoms with E-state index in [2.05, 4.69) is 20.1 Å². The average Bonchev–Trinajstić information content (AvgIpc) is 2.46. The van der Waals surface area contributed by atoms with Crippen molar-refractivity contribution >= 4 is 26.0 Å². The molecule has 0 atom stereocenters. The molecular weight excluding hydrogens is 401 g/mol. The van der Waals surface area contributed by atoms with Crippen molar-refractivity contribution in [3.05, 3.63) is 46.9 Å². The van der Waals surface area contributed by atoms with Gasteiger partial charge in [-0.15, -0.1) is 0 Å². The molecule has 0 aliphatic heterocycles. The molecule has 0 aliphatic carbocycles. The van der Waals surface area contributed by atoms with Crippen molar-refractivity contribution in [1.82, 2.24) is 0 Å². The van der Waals surface area contributed by atoms with Crippen molar-refractivity contribution in [1.29, 1.82) is 0 Å². The van der Waals surface area contributed by atoms with Crippen molar-refractivity contribution in [3.8, 4) is 22.6 Å². The van der Waals surface area contributed by atoms with E-state index in [1.807, 2.05) is 0 Å². The van der Waals surface area contributed by atoms with Crippen LogP contribution in [-0.4, -0.2) is 21.0 Å². The summed E-state index contributed by atoms with van der Waals surface area (Å²) in [4.78, 5) is 0. The number of alkyl halides is 3. The zero-order valence-corrected chi connectivity index (χ0v) is 14.0. The number of hydrogen-bond donors (Lipinski definition) is 0. The maximum absolute atomic E-state index is 12.5. The summed E-state index contributed by atoms with van der Waals surface area (Å²) < 4.78 is 69.7. The van der Waals surface area contributed by atoms with Crippen molar-refractivity contribution in [3.63, 3.8) is 0 Å². The van der Waals surface area contributed by atoms with E-state index < -0.39 is 21.4 Å². The first-order chi connectivity index (χ1) is 10.7. The van der Waals surface area contributed by atoms with E-state index in [0.717, 1.165) is 6.07 Å². The lowest BCUT2D eigenvalue weighted by Crippen LogP contribution is -2.28. The molecule has 2 aromatic carbocycles. The number of rotatable bonds is 4. The second kappa shape index (κ2) is 6.40. The summed E-state index contributed by atoms with van der Waals surface area (Å²) >= 11 is 3.26. The number of halogens is 4. The monoisotopic (exact) mass is 410 g/mol. The summed E-state index contributed by atoms with van der Waals surface area (Å²) in [5, 5.41) is 0. The Balaban J connectivity index is 2.49. The Morgan fingerprint density at radius 1 is 1.04 bits per heavy atom. The first-order valence-corrected chi connectivity index (χ1v) is 8.29. The first-order valence-electron chi connectivity index (χ1n) is 6.09. The highest BCUT2D eigenvalue weighted by molar-refractivity contribution is 9.10. The van der Waals surface area contributed by atoms with Gasteiger partial charge >= 0.3 is 15.6 Å². The van der Waals surface area contributed by atoms with Gasteiger partial charge in [0.2, 0.25) is 0 Å². The van der Waals surface area contributed by atoms with Crippen molar-refractivity contribution in [2.24, 2.45) is 0 Å². The van der Waals surface area contributed by atoms with Gasteiger partial charge in [0.05, 0.1) is 11.6 Å². The lowest BCUT2D eigenvalue weighted by atomic mass is 10.0. The van der Waals surface area contributed by atoms with Crippen LogP contribution in [0.1, 0.15) is 0 Å². The fraction of sp³-hybridized carbons (Fsp3) is 0.143. The van der Waals surface area contributed by atoms with Crippen LogP contribution in [0, 0.1) is 0 Å².